The van der Waals surface area contributed by atoms with E-state index in [-0.39, 0.29) is 6.10 Å². The molecule has 6 heteroatoms. The second kappa shape index (κ2) is 4.63. The maximum absolute atomic E-state index is 9.81. The van der Waals surface area contributed by atoms with Crippen LogP contribution in [0.25, 0.3) is 0 Å². The van der Waals surface area contributed by atoms with E-state index in [9.17, 15) is 5.11 Å². The van der Waals surface area contributed by atoms with Gasteiger partial charge in [0.1, 0.15) is 18.0 Å². The number of hydrogen-bond donors (Lipinski definition) is 3. The third-order valence-corrected chi connectivity index (χ3v) is 3.04. The summed E-state index contributed by atoms with van der Waals surface area (Å²) >= 11 is 0. The molecule has 1 saturated heterocycles. The number of anilines is 2. The molecule has 1 fully saturated rings. The Morgan fingerprint density at radius 2 is 2.38 bits per heavy atom. The minimum absolute atomic E-state index is 0.294. The molecule has 0 aromatic carbocycles. The third kappa shape index (κ3) is 2.23. The van der Waals surface area contributed by atoms with Crippen LogP contribution in [0.2, 0.25) is 0 Å². The predicted molar refractivity (Wildman–Crippen MR) is 61.8 cm³/mol. The summed E-state index contributed by atoms with van der Waals surface area (Å²) in [7, 11) is 0. The number of nitrogens with zero attached hydrogens (tertiary/aromatic N) is 3. The number of nitrogens with one attached hydrogen (secondary N) is 1. The fraction of sp³-hybridized carbons (Fsp3) is 0.600. The Morgan fingerprint density at radius 3 is 3.06 bits per heavy atom. The molecule has 0 aliphatic carbocycles. The zero-order valence-electron chi connectivity index (χ0n) is 9.30. The Morgan fingerprint density at radius 1 is 1.56 bits per heavy atom. The van der Waals surface area contributed by atoms with E-state index in [1.54, 1.807) is 6.07 Å². The second-order valence-electron chi connectivity index (χ2n) is 4.19. The number of piperidine rings is 1. The van der Waals surface area contributed by atoms with Gasteiger partial charge in [0.15, 0.2) is 0 Å². The van der Waals surface area contributed by atoms with E-state index in [1.807, 2.05) is 4.90 Å². The zero-order valence-corrected chi connectivity index (χ0v) is 9.30. The van der Waals surface area contributed by atoms with Gasteiger partial charge in [0.25, 0.3) is 0 Å². The molecule has 2 heterocycles. The quantitative estimate of drug-likeness (QED) is 0.482. The predicted octanol–water partition coefficient (Wildman–Crippen LogP) is -0.0307. The maximum Gasteiger partial charge on any atom is 0.145 e. The maximum atomic E-state index is 9.81. The first-order valence-electron chi connectivity index (χ1n) is 5.42. The van der Waals surface area contributed by atoms with Crippen molar-refractivity contribution in [2.45, 2.75) is 19.4 Å². The van der Waals surface area contributed by atoms with E-state index in [4.69, 9.17) is 5.84 Å². The molecule has 88 valence electrons. The van der Waals surface area contributed by atoms with Crippen molar-refractivity contribution >= 4 is 11.6 Å². The molecule has 4 N–H and O–H groups in total. The Kier molecular flexibility index (Phi) is 3.21. The summed E-state index contributed by atoms with van der Waals surface area (Å²) in [6.07, 6.45) is 2.14. The summed E-state index contributed by atoms with van der Waals surface area (Å²) in [4.78, 5) is 10.2. The first kappa shape index (κ1) is 11.1. The summed E-state index contributed by atoms with van der Waals surface area (Å²) in [5, 5.41) is 9.81. The van der Waals surface area contributed by atoms with Crippen LogP contribution in [0.15, 0.2) is 12.4 Å². The number of β-amino-alcohol motifs (C(OH)–C–C–N with tert-alkyl or cyclic N) is 1. The summed E-state index contributed by atoms with van der Waals surface area (Å²) in [6.45, 7) is 3.58. The van der Waals surface area contributed by atoms with Crippen LogP contribution in [-0.2, 0) is 0 Å². The van der Waals surface area contributed by atoms with Crippen molar-refractivity contribution in [3.63, 3.8) is 0 Å². The van der Waals surface area contributed by atoms with Gasteiger partial charge in [-0.25, -0.2) is 15.8 Å². The van der Waals surface area contributed by atoms with Crippen LogP contribution in [0, 0.1) is 5.92 Å². The third-order valence-electron chi connectivity index (χ3n) is 3.04. The number of aromatic nitrogens is 2. The van der Waals surface area contributed by atoms with Gasteiger partial charge in [-0.2, -0.15) is 0 Å². The summed E-state index contributed by atoms with van der Waals surface area (Å²) in [6, 6.07) is 1.78. The lowest BCUT2D eigenvalue weighted by atomic mass is 9.96. The molecule has 0 bridgehead atoms. The number of nitrogens with two attached hydrogens (primary N) is 1. The summed E-state index contributed by atoms with van der Waals surface area (Å²) in [5.74, 6) is 7.02. The number of hydrogen-bond acceptors (Lipinski definition) is 6. The van der Waals surface area contributed by atoms with Crippen LogP contribution in [0.5, 0.6) is 0 Å². The average Bonchev–Trinajstić information content (AvgIpc) is 2.33. The van der Waals surface area contributed by atoms with Crippen molar-refractivity contribution in [1.82, 2.24) is 9.97 Å². The van der Waals surface area contributed by atoms with Crippen LogP contribution in [0.3, 0.4) is 0 Å². The smallest absolute Gasteiger partial charge is 0.145 e. The first-order valence-corrected chi connectivity index (χ1v) is 5.42. The summed E-state index contributed by atoms with van der Waals surface area (Å²) in [5.41, 5.74) is 2.49. The number of hydrazine groups is 1. The van der Waals surface area contributed by atoms with Crippen molar-refractivity contribution in [2.24, 2.45) is 11.8 Å². The van der Waals surface area contributed by atoms with Gasteiger partial charge in [0, 0.05) is 19.2 Å². The lowest BCUT2D eigenvalue weighted by Gasteiger charge is -2.34. The Hall–Kier alpha value is -1.40. The van der Waals surface area contributed by atoms with Gasteiger partial charge in [0.2, 0.25) is 0 Å². The fourth-order valence-electron chi connectivity index (χ4n) is 1.86. The van der Waals surface area contributed by atoms with E-state index < -0.39 is 0 Å². The molecule has 2 atom stereocenters. The Balaban J connectivity index is 2.12. The molecule has 0 saturated carbocycles. The second-order valence-corrected chi connectivity index (χ2v) is 4.19. The van der Waals surface area contributed by atoms with Gasteiger partial charge in [0.05, 0.1) is 6.10 Å². The van der Waals surface area contributed by atoms with Crippen molar-refractivity contribution in [2.75, 3.05) is 23.4 Å². The Bertz CT molecular complexity index is 359. The molecule has 1 aromatic heterocycles. The van der Waals surface area contributed by atoms with Crippen molar-refractivity contribution in [3.8, 4) is 0 Å². The normalized spacial score (nSPS) is 25.6. The summed E-state index contributed by atoms with van der Waals surface area (Å²) < 4.78 is 0. The van der Waals surface area contributed by atoms with Gasteiger partial charge in [-0.3, -0.25) is 0 Å². The molecule has 0 radical (unpaired) electrons. The first-order chi connectivity index (χ1) is 7.70. The van der Waals surface area contributed by atoms with E-state index in [0.717, 1.165) is 18.8 Å². The van der Waals surface area contributed by atoms with Crippen molar-refractivity contribution < 1.29 is 5.11 Å². The highest BCUT2D eigenvalue weighted by molar-refractivity contribution is 5.48. The molecule has 1 aliphatic rings. The largest absolute Gasteiger partial charge is 0.391 e. The molecule has 1 aromatic rings. The number of rotatable bonds is 2. The van der Waals surface area contributed by atoms with E-state index in [2.05, 4.69) is 22.3 Å². The number of aliphatic hydroxyl groups excluding tert-OH is 1. The molecule has 0 spiro atoms. The number of aliphatic hydroxyl groups is 1. The van der Waals surface area contributed by atoms with Crippen LogP contribution in [0.1, 0.15) is 13.3 Å². The van der Waals surface area contributed by atoms with Gasteiger partial charge < -0.3 is 15.4 Å². The minimum Gasteiger partial charge on any atom is -0.391 e. The molecular weight excluding hydrogens is 206 g/mol. The highest BCUT2D eigenvalue weighted by Crippen LogP contribution is 2.22. The molecule has 2 rings (SSSR count). The standard InChI is InChI=1S/C10H17N5O/c1-7-2-3-15(5-8(7)16)10-4-9(14-11)12-6-13-10/h4,6-8,16H,2-3,5,11H2,1H3,(H,12,13,14). The van der Waals surface area contributed by atoms with Gasteiger partial charge >= 0.3 is 0 Å². The SMILES string of the molecule is CC1CCN(c2cc(NN)ncn2)CC1O. The average molecular weight is 223 g/mol. The van der Waals surface area contributed by atoms with Crippen LogP contribution in [0.4, 0.5) is 11.6 Å². The van der Waals surface area contributed by atoms with Crippen LogP contribution in [-0.4, -0.2) is 34.3 Å². The molecule has 2 unspecified atom stereocenters. The van der Waals surface area contributed by atoms with Gasteiger partial charge in [-0.05, 0) is 12.3 Å². The Labute approximate surface area is 94.5 Å². The molecule has 0 amide bonds. The molecule has 1 aliphatic heterocycles. The zero-order chi connectivity index (χ0) is 11.5. The topological polar surface area (TPSA) is 87.3 Å². The molecular formula is C10H17N5O. The molecule has 16 heavy (non-hydrogen) atoms. The monoisotopic (exact) mass is 223 g/mol. The highest BCUT2D eigenvalue weighted by Gasteiger charge is 2.25. The lowest BCUT2D eigenvalue weighted by molar-refractivity contribution is 0.102. The van der Waals surface area contributed by atoms with Gasteiger partial charge in [-0.1, -0.05) is 6.92 Å². The van der Waals surface area contributed by atoms with E-state index in [0.29, 0.717) is 18.3 Å². The van der Waals surface area contributed by atoms with E-state index >= 15 is 0 Å². The fourth-order valence-corrected chi connectivity index (χ4v) is 1.86. The van der Waals surface area contributed by atoms with E-state index in [1.165, 1.54) is 6.33 Å². The van der Waals surface area contributed by atoms with Crippen LogP contribution < -0.4 is 16.2 Å². The van der Waals surface area contributed by atoms with Crippen molar-refractivity contribution in [1.29, 1.82) is 0 Å². The molecule has 6 nitrogen and oxygen atoms in total. The van der Waals surface area contributed by atoms with Crippen molar-refractivity contribution in [3.05, 3.63) is 12.4 Å². The number of nitrogen functional groups attached to an aromatic ring is 1. The highest BCUT2D eigenvalue weighted by atomic mass is 16.3. The lowest BCUT2D eigenvalue weighted by Crippen LogP contribution is -2.43. The van der Waals surface area contributed by atoms with Gasteiger partial charge in [-0.15, -0.1) is 0 Å². The minimum atomic E-state index is -0.294. The van der Waals surface area contributed by atoms with Crippen LogP contribution >= 0.6 is 0 Å².